The van der Waals surface area contributed by atoms with Crippen LogP contribution < -0.4 is 15.0 Å². The van der Waals surface area contributed by atoms with Crippen molar-refractivity contribution in [2.45, 2.75) is 97.2 Å². The van der Waals surface area contributed by atoms with E-state index in [1.165, 1.54) is 0 Å². The van der Waals surface area contributed by atoms with Gasteiger partial charge < -0.3 is 29.1 Å². The fourth-order valence-electron chi connectivity index (χ4n) is 5.65. The summed E-state index contributed by atoms with van der Waals surface area (Å²) >= 11 is 0. The Kier molecular flexibility index (Phi) is 10.5. The molecule has 2 aromatic rings. The Hall–Kier alpha value is -3.81. The first-order chi connectivity index (χ1) is 20.4. The van der Waals surface area contributed by atoms with Gasteiger partial charge in [0.05, 0.1) is 12.7 Å². The van der Waals surface area contributed by atoms with Crippen molar-refractivity contribution >= 4 is 18.0 Å². The third-order valence-electron chi connectivity index (χ3n) is 8.21. The highest BCUT2D eigenvalue weighted by molar-refractivity contribution is 5.87. The number of benzene rings is 1. The van der Waals surface area contributed by atoms with Gasteiger partial charge in [0.15, 0.2) is 5.82 Å². The van der Waals surface area contributed by atoms with Crippen molar-refractivity contribution in [3.05, 3.63) is 35.7 Å². The molecule has 4 rings (SSSR count). The fraction of sp³-hybridized carbons (Fsp3) is 0.656. The number of nitriles is 1. The van der Waals surface area contributed by atoms with Crippen LogP contribution >= 0.6 is 0 Å². The average molecular weight is 595 g/mol. The Morgan fingerprint density at radius 1 is 1.12 bits per heavy atom. The van der Waals surface area contributed by atoms with E-state index in [1.807, 2.05) is 12.1 Å². The highest BCUT2D eigenvalue weighted by Crippen LogP contribution is 2.30. The zero-order chi connectivity index (χ0) is 31.1. The number of carbonyl (C=O) groups excluding carboxylic acids is 2. The molecule has 2 aliphatic rings. The van der Waals surface area contributed by atoms with Crippen molar-refractivity contribution in [2.24, 2.45) is 11.8 Å². The van der Waals surface area contributed by atoms with Crippen LogP contribution in [0.4, 0.5) is 10.8 Å². The number of nitrogens with zero attached hydrogens (tertiary/aromatic N) is 5. The van der Waals surface area contributed by atoms with E-state index in [9.17, 15) is 14.9 Å². The predicted molar refractivity (Wildman–Crippen MR) is 162 cm³/mol. The van der Waals surface area contributed by atoms with Crippen LogP contribution in [0.25, 0.3) is 0 Å². The lowest BCUT2D eigenvalue weighted by atomic mass is 9.84. The zero-order valence-corrected chi connectivity index (χ0v) is 26.3. The average Bonchev–Trinajstić information content (AvgIpc) is 3.66. The van der Waals surface area contributed by atoms with Crippen LogP contribution in [0.15, 0.2) is 28.8 Å². The molecule has 2 fully saturated rings. The molecule has 11 nitrogen and oxygen atoms in total. The normalized spacial score (nSPS) is 19.2. The first-order valence-electron chi connectivity index (χ1n) is 15.5. The van der Waals surface area contributed by atoms with Crippen LogP contribution in [0.1, 0.15) is 97.0 Å². The Balaban J connectivity index is 1.30. The van der Waals surface area contributed by atoms with Gasteiger partial charge in [0.25, 0.3) is 5.91 Å². The second-order valence-corrected chi connectivity index (χ2v) is 13.0. The second kappa shape index (κ2) is 14.1. The molecule has 1 aromatic carbocycles. The van der Waals surface area contributed by atoms with E-state index in [0.717, 1.165) is 44.6 Å². The molecule has 43 heavy (non-hydrogen) atoms. The van der Waals surface area contributed by atoms with Crippen LogP contribution in [0.2, 0.25) is 0 Å². The Labute approximate surface area is 254 Å². The highest BCUT2D eigenvalue weighted by atomic mass is 16.6. The Bertz CT molecular complexity index is 1260. The Morgan fingerprint density at radius 3 is 2.42 bits per heavy atom. The van der Waals surface area contributed by atoms with Gasteiger partial charge in [-0.1, -0.05) is 38.1 Å². The number of likely N-dealkylation sites (tertiary alicyclic amines) is 1. The quantitative estimate of drug-likeness (QED) is 0.373. The smallest absolute Gasteiger partial charge is 0.408 e. The van der Waals surface area contributed by atoms with Gasteiger partial charge in [-0.25, -0.2) is 4.79 Å². The highest BCUT2D eigenvalue weighted by Gasteiger charge is 2.35. The minimum absolute atomic E-state index is 0.246. The van der Waals surface area contributed by atoms with E-state index < -0.39 is 23.8 Å². The van der Waals surface area contributed by atoms with Crippen LogP contribution in [-0.2, 0) is 9.53 Å². The van der Waals surface area contributed by atoms with Crippen molar-refractivity contribution in [2.75, 3.05) is 31.1 Å². The zero-order valence-electron chi connectivity index (χ0n) is 26.3. The minimum Gasteiger partial charge on any atom is -0.494 e. The first-order valence-corrected chi connectivity index (χ1v) is 15.5. The topological polar surface area (TPSA) is 134 Å². The van der Waals surface area contributed by atoms with Crippen LogP contribution in [0, 0.1) is 23.2 Å². The molecular formula is C32H46N6O5. The molecule has 0 radical (unpaired) electrons. The molecule has 3 atom stereocenters. The molecule has 234 valence electrons. The van der Waals surface area contributed by atoms with Crippen LogP contribution in [0.5, 0.6) is 5.75 Å². The van der Waals surface area contributed by atoms with Gasteiger partial charge in [-0.15, -0.1) is 0 Å². The molecule has 3 heterocycles. The number of hydrogen-bond donors (Lipinski definition) is 1. The van der Waals surface area contributed by atoms with E-state index in [2.05, 4.69) is 47.2 Å². The molecule has 2 saturated heterocycles. The van der Waals surface area contributed by atoms with Gasteiger partial charge in [0.2, 0.25) is 0 Å². The third-order valence-corrected chi connectivity index (χ3v) is 8.21. The van der Waals surface area contributed by atoms with Crippen molar-refractivity contribution in [3.8, 4) is 11.8 Å². The molecule has 2 unspecified atom stereocenters. The van der Waals surface area contributed by atoms with Gasteiger partial charge in [0.1, 0.15) is 23.4 Å². The Morgan fingerprint density at radius 2 is 1.81 bits per heavy atom. The summed E-state index contributed by atoms with van der Waals surface area (Å²) in [6, 6.07) is 8.57. The van der Waals surface area contributed by atoms with E-state index in [-0.39, 0.29) is 11.8 Å². The maximum absolute atomic E-state index is 13.5. The van der Waals surface area contributed by atoms with Gasteiger partial charge in [-0.3, -0.25) is 4.79 Å². The molecular weight excluding hydrogens is 548 g/mol. The molecule has 11 heteroatoms. The predicted octanol–water partition coefficient (Wildman–Crippen LogP) is 5.59. The number of aromatic nitrogens is 2. The number of anilines is 1. The third kappa shape index (κ3) is 8.62. The van der Waals surface area contributed by atoms with E-state index >= 15 is 0 Å². The number of rotatable bonds is 10. The molecule has 1 aromatic heterocycles. The lowest BCUT2D eigenvalue weighted by Crippen LogP contribution is -2.45. The number of alkyl carbamates (subject to hydrolysis) is 1. The minimum atomic E-state index is -0.965. The van der Waals surface area contributed by atoms with Crippen LogP contribution in [0.3, 0.4) is 0 Å². The molecule has 2 amide bonds. The molecule has 0 saturated carbocycles. The largest absolute Gasteiger partial charge is 0.494 e. The van der Waals surface area contributed by atoms with Crippen molar-refractivity contribution in [3.63, 3.8) is 0 Å². The summed E-state index contributed by atoms with van der Waals surface area (Å²) < 4.78 is 17.0. The summed E-state index contributed by atoms with van der Waals surface area (Å²) in [5.74, 6) is 2.48. The van der Waals surface area contributed by atoms with Gasteiger partial charge in [-0.2, -0.15) is 10.2 Å². The SMILES string of the molecule is CC(C)c1noc(N2CCC(C(C)CCOc3ccc([C@H](NC(=O)OC(C)(C)C)C(=O)N4CCCC4C#N)cc3)CC2)n1. The maximum atomic E-state index is 13.5. The van der Waals surface area contributed by atoms with E-state index in [4.69, 9.17) is 14.0 Å². The molecule has 2 aliphatic heterocycles. The number of carbonyl (C=O) groups is 2. The first kappa shape index (κ1) is 32.1. The molecule has 0 aliphatic carbocycles. The monoisotopic (exact) mass is 594 g/mol. The van der Waals surface area contributed by atoms with Gasteiger partial charge >= 0.3 is 12.1 Å². The van der Waals surface area contributed by atoms with Gasteiger partial charge in [-0.05, 0) is 82.4 Å². The molecule has 1 N–H and O–H groups in total. The summed E-state index contributed by atoms with van der Waals surface area (Å²) in [5, 5.41) is 16.3. The second-order valence-electron chi connectivity index (χ2n) is 13.0. The van der Waals surface area contributed by atoms with Crippen LogP contribution in [-0.4, -0.2) is 64.9 Å². The fourth-order valence-corrected chi connectivity index (χ4v) is 5.65. The number of ether oxygens (including phenoxy) is 2. The van der Waals surface area contributed by atoms with Crippen molar-refractivity contribution < 1.29 is 23.6 Å². The van der Waals surface area contributed by atoms with Crippen molar-refractivity contribution in [1.82, 2.24) is 20.4 Å². The molecule has 0 bridgehead atoms. The summed E-state index contributed by atoms with van der Waals surface area (Å²) in [6.45, 7) is 14.6. The van der Waals surface area contributed by atoms with Gasteiger partial charge in [0, 0.05) is 25.6 Å². The number of amides is 2. The van der Waals surface area contributed by atoms with Crippen molar-refractivity contribution in [1.29, 1.82) is 5.26 Å². The number of nitrogens with one attached hydrogen (secondary N) is 1. The summed E-state index contributed by atoms with van der Waals surface area (Å²) in [7, 11) is 0. The summed E-state index contributed by atoms with van der Waals surface area (Å²) in [4.78, 5) is 34.4. The molecule has 0 spiro atoms. The summed E-state index contributed by atoms with van der Waals surface area (Å²) in [6.07, 6.45) is 3.76. The standard InChI is InChI=1S/C32H46N6O5/c1-21(2)28-35-30(43-36-28)37-17-13-23(14-18-37)22(3)15-19-41-26-11-9-24(10-12-26)27(34-31(40)42-32(4,5)6)29(39)38-16-7-8-25(38)20-33/h9-12,21-23,25,27H,7-8,13-19H2,1-6H3,(H,34,40)/t22?,25?,27-/m0/s1. The number of hydrogen-bond acceptors (Lipinski definition) is 9. The maximum Gasteiger partial charge on any atom is 0.408 e. The lowest BCUT2D eigenvalue weighted by molar-refractivity contribution is -0.133. The van der Waals surface area contributed by atoms with E-state index in [1.54, 1.807) is 37.8 Å². The number of piperidine rings is 1. The summed E-state index contributed by atoms with van der Waals surface area (Å²) in [5.41, 5.74) is -0.105. The lowest BCUT2D eigenvalue weighted by Gasteiger charge is -2.33. The van der Waals surface area contributed by atoms with E-state index in [0.29, 0.717) is 48.7 Å².